The van der Waals surface area contributed by atoms with Gasteiger partial charge in [-0.15, -0.1) is 5.10 Å². The minimum absolute atomic E-state index is 0.237. The third-order valence-corrected chi connectivity index (χ3v) is 6.97. The van der Waals surface area contributed by atoms with Gasteiger partial charge in [0, 0.05) is 30.5 Å². The van der Waals surface area contributed by atoms with Crippen LogP contribution in [-0.4, -0.2) is 52.7 Å². The van der Waals surface area contributed by atoms with Gasteiger partial charge in [0.25, 0.3) is 17.7 Å². The van der Waals surface area contributed by atoms with Crippen LogP contribution in [0, 0.1) is 20.8 Å². The summed E-state index contributed by atoms with van der Waals surface area (Å²) in [7, 11) is 0. The molecule has 218 valence electrons. The van der Waals surface area contributed by atoms with Crippen molar-refractivity contribution in [2.24, 2.45) is 10.2 Å². The van der Waals surface area contributed by atoms with Crippen molar-refractivity contribution in [2.45, 2.75) is 20.8 Å². The quantitative estimate of drug-likeness (QED) is 0.0762. The Balaban J connectivity index is 1.14. The Kier molecular flexibility index (Phi) is 8.28. The number of para-hydroxylation sites is 2. The molecule has 3 amide bonds. The zero-order valence-electron chi connectivity index (χ0n) is 23.9. The van der Waals surface area contributed by atoms with Gasteiger partial charge in [0.1, 0.15) is 5.82 Å². The van der Waals surface area contributed by atoms with Crippen LogP contribution in [0.5, 0.6) is 0 Å². The molecule has 4 aromatic rings. The van der Waals surface area contributed by atoms with Crippen LogP contribution in [-0.2, 0) is 4.79 Å². The van der Waals surface area contributed by atoms with Crippen molar-refractivity contribution in [2.75, 3.05) is 34.8 Å². The Hall–Kier alpha value is -5.78. The van der Waals surface area contributed by atoms with Crippen LogP contribution < -0.4 is 27.0 Å². The predicted molar refractivity (Wildman–Crippen MR) is 168 cm³/mol. The van der Waals surface area contributed by atoms with Gasteiger partial charge in [-0.1, -0.05) is 24.3 Å². The molecule has 0 radical (unpaired) electrons. The molecule has 0 spiro atoms. The number of nitrogen functional groups attached to an aromatic ring is 1. The number of aromatic amines is 1. The van der Waals surface area contributed by atoms with E-state index in [2.05, 4.69) is 41.4 Å². The first-order valence-corrected chi connectivity index (χ1v) is 13.6. The number of hydrogen-bond donors (Lipinski definition) is 6. The number of pyridine rings is 1. The number of benzene rings is 2. The first kappa shape index (κ1) is 28.7. The van der Waals surface area contributed by atoms with Gasteiger partial charge in [0.05, 0.1) is 40.1 Å². The number of nitrogens with two attached hydrogens (primary N) is 1. The molecule has 5 rings (SSSR count). The molecule has 0 unspecified atom stereocenters. The van der Waals surface area contributed by atoms with Crippen LogP contribution in [0.4, 0.5) is 22.9 Å². The van der Waals surface area contributed by atoms with E-state index >= 15 is 0 Å². The fourth-order valence-electron chi connectivity index (χ4n) is 4.76. The summed E-state index contributed by atoms with van der Waals surface area (Å²) in [6.07, 6.45) is 2.97. The monoisotopic (exact) mass is 577 g/mol. The number of hydrogen-bond acceptors (Lipinski definition) is 8. The maximum absolute atomic E-state index is 13.0. The van der Waals surface area contributed by atoms with Crippen molar-refractivity contribution in [3.05, 3.63) is 100.0 Å². The third kappa shape index (κ3) is 6.27. The number of fused-ring (bicyclic) bond motifs is 1. The molecule has 12 nitrogen and oxygen atoms in total. The van der Waals surface area contributed by atoms with E-state index in [-0.39, 0.29) is 23.4 Å². The van der Waals surface area contributed by atoms with E-state index in [1.54, 1.807) is 43.3 Å². The lowest BCUT2D eigenvalue weighted by atomic mass is 10.1. The first-order valence-electron chi connectivity index (χ1n) is 13.6. The van der Waals surface area contributed by atoms with E-state index in [4.69, 9.17) is 5.73 Å². The number of nitrogens with zero attached hydrogens (tertiary/aromatic N) is 3. The highest BCUT2D eigenvalue weighted by molar-refractivity contribution is 6.54. The molecule has 0 saturated carbocycles. The molecule has 0 aliphatic carbocycles. The summed E-state index contributed by atoms with van der Waals surface area (Å²) >= 11 is 0. The standard InChI is InChI=1S/C31H31N9O3/c1-17-7-6-10-23-26(17)28(31(43)39-23)40-36-16-24-18(2)27(19(3)37-24)30(42)34-14-13-33-25-12-11-20(15-35-25)29(41)38-22-9-5-4-8-21(22)32/h4-12,15-16,37H,13-14,32H2,1-3H3,(H,33,35)(H,34,42)(H,38,41)(H,39,40,43). The Labute approximate surface area is 247 Å². The van der Waals surface area contributed by atoms with E-state index < -0.39 is 0 Å². The van der Waals surface area contributed by atoms with Gasteiger partial charge in [-0.05, 0) is 62.2 Å². The summed E-state index contributed by atoms with van der Waals surface area (Å²) in [4.78, 5) is 45.2. The fraction of sp³-hybridized carbons (Fsp3) is 0.161. The second-order valence-corrected chi connectivity index (χ2v) is 9.96. The van der Waals surface area contributed by atoms with Gasteiger partial charge in [0.15, 0.2) is 5.71 Å². The van der Waals surface area contributed by atoms with Crippen molar-refractivity contribution >= 4 is 52.5 Å². The highest BCUT2D eigenvalue weighted by Crippen LogP contribution is 2.26. The second-order valence-electron chi connectivity index (χ2n) is 9.96. The third-order valence-electron chi connectivity index (χ3n) is 6.97. The number of nitrogens with one attached hydrogen (secondary N) is 5. The van der Waals surface area contributed by atoms with Crippen molar-refractivity contribution < 1.29 is 14.4 Å². The maximum atomic E-state index is 13.0. The number of carbonyl (C=O) groups is 3. The summed E-state index contributed by atoms with van der Waals surface area (Å²) in [5.74, 6) is -0.297. The number of aromatic nitrogens is 2. The Bertz CT molecular complexity index is 1770. The summed E-state index contributed by atoms with van der Waals surface area (Å²) in [6.45, 7) is 6.30. The van der Waals surface area contributed by atoms with E-state index in [1.165, 1.54) is 12.4 Å². The Morgan fingerprint density at radius 1 is 1.00 bits per heavy atom. The number of amides is 3. The van der Waals surface area contributed by atoms with Crippen molar-refractivity contribution in [1.29, 1.82) is 0 Å². The molecule has 0 fully saturated rings. The zero-order chi connectivity index (χ0) is 30.5. The summed E-state index contributed by atoms with van der Waals surface area (Å²) in [5.41, 5.74) is 12.4. The fourth-order valence-corrected chi connectivity index (χ4v) is 4.76. The molecule has 0 bridgehead atoms. The Morgan fingerprint density at radius 2 is 1.81 bits per heavy atom. The average molecular weight is 578 g/mol. The normalized spacial score (nSPS) is 13.2. The molecule has 43 heavy (non-hydrogen) atoms. The van der Waals surface area contributed by atoms with Crippen LogP contribution >= 0.6 is 0 Å². The van der Waals surface area contributed by atoms with Gasteiger partial charge >= 0.3 is 0 Å². The minimum atomic E-state index is -0.317. The van der Waals surface area contributed by atoms with Crippen LogP contribution in [0.25, 0.3) is 0 Å². The van der Waals surface area contributed by atoms with Crippen LogP contribution in [0.1, 0.15) is 48.8 Å². The summed E-state index contributed by atoms with van der Waals surface area (Å²) in [6, 6.07) is 16.0. The number of anilines is 4. The highest BCUT2D eigenvalue weighted by Gasteiger charge is 2.27. The number of rotatable bonds is 9. The van der Waals surface area contributed by atoms with Crippen molar-refractivity contribution in [3.8, 4) is 0 Å². The molecule has 3 heterocycles. The molecular formula is C31H31N9O3. The zero-order valence-corrected chi connectivity index (χ0v) is 23.9. The molecule has 2 aromatic carbocycles. The molecule has 7 N–H and O–H groups in total. The largest absolute Gasteiger partial charge is 0.397 e. The van der Waals surface area contributed by atoms with E-state index in [9.17, 15) is 14.4 Å². The number of aryl methyl sites for hydroxylation is 2. The van der Waals surface area contributed by atoms with Crippen LogP contribution in [0.2, 0.25) is 0 Å². The topological polar surface area (TPSA) is 179 Å². The van der Waals surface area contributed by atoms with Crippen molar-refractivity contribution in [1.82, 2.24) is 15.3 Å². The average Bonchev–Trinajstić information content (AvgIpc) is 3.47. The maximum Gasteiger partial charge on any atom is 0.276 e. The molecule has 12 heteroatoms. The molecule has 0 atom stereocenters. The SMILES string of the molecule is Cc1cccc2c1C(=NN=Cc1[nH]c(C)c(C(=O)NCCNc3ccc(C(=O)Nc4ccccc4N)cn3)c1C)C(=O)N2. The Morgan fingerprint density at radius 3 is 2.58 bits per heavy atom. The molecular weight excluding hydrogens is 546 g/mol. The van der Waals surface area contributed by atoms with Crippen LogP contribution in [0.15, 0.2) is 71.0 Å². The van der Waals surface area contributed by atoms with Gasteiger partial charge < -0.3 is 32.0 Å². The molecule has 1 aliphatic rings. The number of carbonyl (C=O) groups excluding carboxylic acids is 3. The van der Waals surface area contributed by atoms with Gasteiger partial charge in [-0.25, -0.2) is 4.98 Å². The first-order chi connectivity index (χ1) is 20.7. The molecule has 1 aliphatic heterocycles. The lowest BCUT2D eigenvalue weighted by Gasteiger charge is -2.10. The van der Waals surface area contributed by atoms with E-state index in [1.807, 2.05) is 32.0 Å². The van der Waals surface area contributed by atoms with Crippen LogP contribution in [0.3, 0.4) is 0 Å². The minimum Gasteiger partial charge on any atom is -0.397 e. The van der Waals surface area contributed by atoms with E-state index in [0.29, 0.717) is 64.0 Å². The van der Waals surface area contributed by atoms with E-state index in [0.717, 1.165) is 11.1 Å². The second kappa shape index (κ2) is 12.4. The van der Waals surface area contributed by atoms with Gasteiger partial charge in [-0.3, -0.25) is 14.4 Å². The van der Waals surface area contributed by atoms with Gasteiger partial charge in [-0.2, -0.15) is 5.10 Å². The summed E-state index contributed by atoms with van der Waals surface area (Å²) in [5, 5.41) is 19.9. The smallest absolute Gasteiger partial charge is 0.276 e. The highest BCUT2D eigenvalue weighted by atomic mass is 16.2. The summed E-state index contributed by atoms with van der Waals surface area (Å²) < 4.78 is 0. The number of H-pyrrole nitrogens is 1. The van der Waals surface area contributed by atoms with Crippen molar-refractivity contribution in [3.63, 3.8) is 0 Å². The molecule has 0 saturated heterocycles. The lowest BCUT2D eigenvalue weighted by molar-refractivity contribution is -0.110. The molecule has 2 aromatic heterocycles. The predicted octanol–water partition coefficient (Wildman–Crippen LogP) is 3.79. The lowest BCUT2D eigenvalue weighted by Crippen LogP contribution is -2.29. The van der Waals surface area contributed by atoms with Gasteiger partial charge in [0.2, 0.25) is 0 Å².